The van der Waals surface area contributed by atoms with E-state index in [-0.39, 0.29) is 19.1 Å². The number of nitrogens with one attached hydrogen (secondary N) is 1. The van der Waals surface area contributed by atoms with Gasteiger partial charge in [0.05, 0.1) is 6.61 Å². The fourth-order valence-corrected chi connectivity index (χ4v) is 5.21. The molecular formula is C30H30N2O6. The molecule has 8 nitrogen and oxygen atoms in total. The number of benzene rings is 3. The molecule has 0 saturated carbocycles. The van der Waals surface area contributed by atoms with Crippen molar-refractivity contribution in [2.75, 3.05) is 19.8 Å². The summed E-state index contributed by atoms with van der Waals surface area (Å²) in [4.78, 5) is 39.9. The molecule has 8 heteroatoms. The molecule has 2 aliphatic rings. The Morgan fingerprint density at radius 1 is 0.895 bits per heavy atom. The third-order valence-corrected chi connectivity index (χ3v) is 7.13. The molecular weight excluding hydrogens is 484 g/mol. The van der Waals surface area contributed by atoms with Crippen LogP contribution in [0.4, 0.5) is 4.79 Å². The van der Waals surface area contributed by atoms with Crippen LogP contribution in [-0.4, -0.2) is 59.8 Å². The number of hydrogen-bond donors (Lipinski definition) is 2. The van der Waals surface area contributed by atoms with Gasteiger partial charge in [-0.05, 0) is 40.7 Å². The largest absolute Gasteiger partial charge is 0.459 e. The molecule has 0 bridgehead atoms. The van der Waals surface area contributed by atoms with Crippen LogP contribution >= 0.6 is 0 Å². The molecule has 2 amide bonds. The van der Waals surface area contributed by atoms with Gasteiger partial charge in [0.2, 0.25) is 5.91 Å². The lowest BCUT2D eigenvalue weighted by molar-refractivity contribution is -0.150. The van der Waals surface area contributed by atoms with Gasteiger partial charge in [0.25, 0.3) is 0 Å². The van der Waals surface area contributed by atoms with Crippen LogP contribution in [0.15, 0.2) is 78.9 Å². The minimum absolute atomic E-state index is 0.0291. The highest BCUT2D eigenvalue weighted by Gasteiger charge is 2.38. The van der Waals surface area contributed by atoms with Crippen molar-refractivity contribution in [3.05, 3.63) is 95.6 Å². The van der Waals surface area contributed by atoms with Gasteiger partial charge < -0.3 is 19.9 Å². The van der Waals surface area contributed by atoms with Gasteiger partial charge in [0.15, 0.2) is 6.04 Å². The van der Waals surface area contributed by atoms with Crippen LogP contribution in [0, 0.1) is 0 Å². The van der Waals surface area contributed by atoms with Gasteiger partial charge in [-0.2, -0.15) is 0 Å². The van der Waals surface area contributed by atoms with Crippen LogP contribution in [0.3, 0.4) is 0 Å². The molecule has 1 unspecified atom stereocenters. The number of aliphatic hydroxyl groups is 1. The quantitative estimate of drug-likeness (QED) is 0.445. The van der Waals surface area contributed by atoms with Crippen molar-refractivity contribution in [2.24, 2.45) is 0 Å². The average Bonchev–Trinajstić information content (AvgIpc) is 3.57. The lowest BCUT2D eigenvalue weighted by Gasteiger charge is -2.26. The van der Waals surface area contributed by atoms with Crippen LogP contribution in [0.1, 0.15) is 35.4 Å². The number of fused-ring (bicyclic) bond motifs is 3. The predicted octanol–water partition coefficient (Wildman–Crippen LogP) is 3.62. The minimum atomic E-state index is -1.23. The Morgan fingerprint density at radius 2 is 1.53 bits per heavy atom. The molecule has 3 aromatic carbocycles. The summed E-state index contributed by atoms with van der Waals surface area (Å²) in [7, 11) is 0. The maximum Gasteiger partial charge on any atom is 0.410 e. The molecule has 0 radical (unpaired) electrons. The summed E-state index contributed by atoms with van der Waals surface area (Å²) >= 11 is 0. The number of ether oxygens (including phenoxy) is 2. The molecule has 1 heterocycles. The van der Waals surface area contributed by atoms with E-state index in [0.29, 0.717) is 19.4 Å². The Labute approximate surface area is 221 Å². The highest BCUT2D eigenvalue weighted by molar-refractivity contribution is 5.90. The Morgan fingerprint density at radius 3 is 2.18 bits per heavy atom. The zero-order chi connectivity index (χ0) is 26.5. The Hall–Kier alpha value is -4.17. The van der Waals surface area contributed by atoms with Crippen molar-refractivity contribution in [3.63, 3.8) is 0 Å². The number of carbonyl (C=O) groups excluding carboxylic acids is 3. The van der Waals surface area contributed by atoms with Gasteiger partial charge in [-0.15, -0.1) is 0 Å². The van der Waals surface area contributed by atoms with E-state index in [1.807, 2.05) is 66.7 Å². The van der Waals surface area contributed by atoms with Crippen LogP contribution < -0.4 is 5.32 Å². The van der Waals surface area contributed by atoms with E-state index in [2.05, 4.69) is 17.4 Å². The predicted molar refractivity (Wildman–Crippen MR) is 140 cm³/mol. The van der Waals surface area contributed by atoms with Crippen molar-refractivity contribution in [1.82, 2.24) is 10.2 Å². The molecule has 2 N–H and O–H groups in total. The van der Waals surface area contributed by atoms with Crippen molar-refractivity contribution >= 4 is 18.0 Å². The first kappa shape index (κ1) is 25.5. The molecule has 1 fully saturated rings. The molecule has 196 valence electrons. The highest BCUT2D eigenvalue weighted by Crippen LogP contribution is 2.44. The lowest BCUT2D eigenvalue weighted by Crippen LogP contribution is -2.52. The van der Waals surface area contributed by atoms with Gasteiger partial charge in [-0.1, -0.05) is 78.9 Å². The molecule has 1 aliphatic carbocycles. The van der Waals surface area contributed by atoms with Gasteiger partial charge >= 0.3 is 12.1 Å². The lowest BCUT2D eigenvalue weighted by atomic mass is 9.98. The molecule has 5 rings (SSSR count). The first-order valence-electron chi connectivity index (χ1n) is 12.8. The monoisotopic (exact) mass is 514 g/mol. The van der Waals surface area contributed by atoms with Crippen molar-refractivity contribution in [1.29, 1.82) is 0 Å². The van der Waals surface area contributed by atoms with E-state index < -0.39 is 36.7 Å². The van der Waals surface area contributed by atoms with Crippen LogP contribution in [0.25, 0.3) is 11.1 Å². The van der Waals surface area contributed by atoms with E-state index in [1.54, 1.807) is 0 Å². The number of hydrogen-bond acceptors (Lipinski definition) is 6. The van der Waals surface area contributed by atoms with E-state index >= 15 is 0 Å². The molecule has 0 spiro atoms. The zero-order valence-corrected chi connectivity index (χ0v) is 20.9. The Bertz CT molecular complexity index is 1270. The normalized spacial score (nSPS) is 16.9. The number of likely N-dealkylation sites (tertiary alicyclic amines) is 1. The average molecular weight is 515 g/mol. The van der Waals surface area contributed by atoms with Gasteiger partial charge in [0, 0.05) is 12.5 Å². The van der Waals surface area contributed by atoms with Crippen molar-refractivity contribution in [3.8, 4) is 11.1 Å². The number of esters is 1. The zero-order valence-electron chi connectivity index (χ0n) is 20.9. The summed E-state index contributed by atoms with van der Waals surface area (Å²) in [6.07, 6.45) is 0.495. The summed E-state index contributed by atoms with van der Waals surface area (Å²) in [5.41, 5.74) is 5.28. The van der Waals surface area contributed by atoms with Crippen molar-refractivity contribution < 1.29 is 29.0 Å². The third-order valence-electron chi connectivity index (χ3n) is 7.13. The number of carbonyl (C=O) groups is 3. The minimum Gasteiger partial charge on any atom is -0.459 e. The maximum absolute atomic E-state index is 13.1. The Kier molecular flexibility index (Phi) is 7.70. The molecule has 1 saturated heterocycles. The van der Waals surface area contributed by atoms with E-state index in [9.17, 15) is 19.5 Å². The molecule has 38 heavy (non-hydrogen) atoms. The van der Waals surface area contributed by atoms with Gasteiger partial charge in [-0.3, -0.25) is 9.69 Å². The number of aliphatic hydroxyl groups excluding tert-OH is 1. The fourth-order valence-electron chi connectivity index (χ4n) is 5.21. The van der Waals surface area contributed by atoms with Crippen molar-refractivity contribution in [2.45, 2.75) is 37.5 Å². The second-order valence-corrected chi connectivity index (χ2v) is 9.49. The summed E-state index contributed by atoms with van der Waals surface area (Å²) in [5.74, 6) is -1.35. The summed E-state index contributed by atoms with van der Waals surface area (Å²) < 4.78 is 11.0. The van der Waals surface area contributed by atoms with E-state index in [4.69, 9.17) is 9.47 Å². The fraction of sp³-hybridized carbons (Fsp3) is 0.300. The van der Waals surface area contributed by atoms with E-state index in [1.165, 1.54) is 4.90 Å². The summed E-state index contributed by atoms with van der Waals surface area (Å²) in [6, 6.07) is 23.3. The smallest absolute Gasteiger partial charge is 0.410 e. The number of rotatable bonds is 8. The standard InChI is InChI=1S/C30H30N2O6/c33-17-26(29(35)37-18-20-9-2-1-3-10-20)31-28(34)27-15-8-16-32(27)30(36)38-19-25-23-13-6-4-11-21(23)22-12-5-7-14-24(22)25/h1-7,9-14,25-27,33H,8,15-19H2,(H,31,34)/t26?,27-/m0/s1. The topological polar surface area (TPSA) is 105 Å². The van der Waals surface area contributed by atoms with Gasteiger partial charge in [-0.25, -0.2) is 9.59 Å². The molecule has 0 aromatic heterocycles. The second-order valence-electron chi connectivity index (χ2n) is 9.49. The first-order valence-corrected chi connectivity index (χ1v) is 12.8. The maximum atomic E-state index is 13.1. The van der Waals surface area contributed by atoms with Gasteiger partial charge in [0.1, 0.15) is 19.3 Å². The third kappa shape index (κ3) is 5.26. The molecule has 1 aliphatic heterocycles. The van der Waals surface area contributed by atoms with Crippen LogP contribution in [0.5, 0.6) is 0 Å². The second kappa shape index (κ2) is 11.5. The summed E-state index contributed by atoms with van der Waals surface area (Å²) in [6.45, 7) is -0.0574. The van der Waals surface area contributed by atoms with Crippen LogP contribution in [-0.2, 0) is 25.7 Å². The molecule has 2 atom stereocenters. The van der Waals surface area contributed by atoms with E-state index in [0.717, 1.165) is 27.8 Å². The highest BCUT2D eigenvalue weighted by atomic mass is 16.6. The number of nitrogens with zero attached hydrogens (tertiary/aromatic N) is 1. The first-order chi connectivity index (χ1) is 18.6. The Balaban J connectivity index is 1.19. The number of amides is 2. The molecule has 3 aromatic rings. The SMILES string of the molecule is O=C(OCc1ccccc1)C(CO)NC(=O)[C@@H]1CCCN1C(=O)OCC1c2ccccc2-c2ccccc21. The summed E-state index contributed by atoms with van der Waals surface area (Å²) in [5, 5.41) is 12.2. The van der Waals surface area contributed by atoms with Crippen LogP contribution in [0.2, 0.25) is 0 Å².